The van der Waals surface area contributed by atoms with Crippen molar-refractivity contribution in [3.05, 3.63) is 70.6 Å². The molecule has 1 aliphatic carbocycles. The molecule has 0 radical (unpaired) electrons. The van der Waals surface area contributed by atoms with E-state index in [-0.39, 0.29) is 17.1 Å². The summed E-state index contributed by atoms with van der Waals surface area (Å²) in [7, 11) is 1.64. The summed E-state index contributed by atoms with van der Waals surface area (Å²) in [6.45, 7) is 4.19. The lowest BCUT2D eigenvalue weighted by molar-refractivity contribution is -0.118. The molecule has 1 atom stereocenters. The molecule has 166 valence electrons. The number of benzene rings is 1. The van der Waals surface area contributed by atoms with Crippen molar-refractivity contribution < 1.29 is 14.3 Å². The summed E-state index contributed by atoms with van der Waals surface area (Å²) >= 11 is 1.58. The van der Waals surface area contributed by atoms with Crippen molar-refractivity contribution >= 4 is 22.8 Å². The first-order valence-electron chi connectivity index (χ1n) is 10.8. The van der Waals surface area contributed by atoms with Gasteiger partial charge in [-0.05, 0) is 34.6 Å². The van der Waals surface area contributed by atoms with Gasteiger partial charge in [-0.25, -0.2) is 14.5 Å². The van der Waals surface area contributed by atoms with Crippen molar-refractivity contribution in [1.29, 1.82) is 0 Å². The lowest BCUT2D eigenvalue weighted by Crippen LogP contribution is -2.33. The lowest BCUT2D eigenvalue weighted by Gasteiger charge is -2.37. The number of hydrogen-bond donors (Lipinski definition) is 0. The van der Waals surface area contributed by atoms with E-state index in [9.17, 15) is 4.79 Å². The monoisotopic (exact) mass is 458 g/mol. The molecule has 7 nitrogen and oxygen atoms in total. The highest BCUT2D eigenvalue weighted by Crippen LogP contribution is 2.50. The number of hydrogen-bond acceptors (Lipinski definition) is 7. The van der Waals surface area contributed by atoms with Crippen molar-refractivity contribution in [2.24, 2.45) is 5.41 Å². The van der Waals surface area contributed by atoms with Gasteiger partial charge in [-0.1, -0.05) is 32.0 Å². The van der Waals surface area contributed by atoms with Crippen LogP contribution in [0.4, 0.5) is 0 Å². The Kier molecular flexibility index (Phi) is 4.42. The van der Waals surface area contributed by atoms with E-state index < -0.39 is 0 Å². The Bertz CT molecular complexity index is 1420. The van der Waals surface area contributed by atoms with E-state index in [0.29, 0.717) is 41.5 Å². The van der Waals surface area contributed by atoms with Crippen LogP contribution < -0.4 is 9.47 Å². The van der Waals surface area contributed by atoms with Gasteiger partial charge >= 0.3 is 0 Å². The summed E-state index contributed by atoms with van der Waals surface area (Å²) in [6, 6.07) is 11.8. The predicted molar refractivity (Wildman–Crippen MR) is 125 cm³/mol. The normalized spacial score (nSPS) is 19.2. The van der Waals surface area contributed by atoms with E-state index in [1.807, 2.05) is 41.8 Å². The fourth-order valence-corrected chi connectivity index (χ4v) is 5.44. The highest BCUT2D eigenvalue weighted by atomic mass is 32.1. The standard InChI is InChI=1S/C25H22N4O3S/c1-25(2)11-16(30)20-17(12-25)32-24-21(19(20)14-6-8-15(31-3)9-7-14)23-27-22(18-5-4-10-33-18)28-29(23)13-26-24/h4-10,13,19H,11-12H2,1-3H3. The minimum Gasteiger partial charge on any atom is -0.497 e. The highest BCUT2D eigenvalue weighted by molar-refractivity contribution is 7.13. The van der Waals surface area contributed by atoms with Crippen LogP contribution in [0.3, 0.4) is 0 Å². The molecule has 2 aliphatic rings. The van der Waals surface area contributed by atoms with Crippen LogP contribution in [-0.4, -0.2) is 32.5 Å². The first kappa shape index (κ1) is 20.1. The van der Waals surface area contributed by atoms with Gasteiger partial charge in [0.05, 0.1) is 17.6 Å². The number of carbonyl (C=O) groups is 1. The fourth-order valence-electron chi connectivity index (χ4n) is 4.79. The van der Waals surface area contributed by atoms with Gasteiger partial charge in [0.25, 0.3) is 0 Å². The van der Waals surface area contributed by atoms with Crippen LogP contribution in [0, 0.1) is 5.41 Å². The molecule has 1 aliphatic heterocycles. The molecular formula is C25H22N4O3S. The number of ketones is 1. The van der Waals surface area contributed by atoms with Gasteiger partial charge in [0, 0.05) is 24.3 Å². The Morgan fingerprint density at radius 1 is 1.18 bits per heavy atom. The molecule has 4 aromatic rings. The van der Waals surface area contributed by atoms with E-state index in [1.54, 1.807) is 29.3 Å². The Labute approximate surface area is 194 Å². The number of allylic oxidation sites excluding steroid dienone is 2. The molecule has 0 fully saturated rings. The predicted octanol–water partition coefficient (Wildman–Crippen LogP) is 5.03. The van der Waals surface area contributed by atoms with Crippen molar-refractivity contribution in [3.63, 3.8) is 0 Å². The van der Waals surface area contributed by atoms with E-state index in [4.69, 9.17) is 14.5 Å². The summed E-state index contributed by atoms with van der Waals surface area (Å²) in [6.07, 6.45) is 2.78. The van der Waals surface area contributed by atoms with Gasteiger partial charge in [-0.2, -0.15) is 0 Å². The number of nitrogens with zero attached hydrogens (tertiary/aromatic N) is 4. The molecule has 0 N–H and O–H groups in total. The Hall–Kier alpha value is -3.52. The third-order valence-corrected chi connectivity index (χ3v) is 7.12. The first-order valence-corrected chi connectivity index (χ1v) is 11.7. The average Bonchev–Trinajstić information content (AvgIpc) is 3.46. The molecule has 6 rings (SSSR count). The zero-order valence-electron chi connectivity index (χ0n) is 18.5. The van der Waals surface area contributed by atoms with Gasteiger partial charge in [-0.3, -0.25) is 4.79 Å². The molecule has 0 saturated carbocycles. The topological polar surface area (TPSA) is 78.6 Å². The SMILES string of the molecule is COc1ccc(C2C3=C(CC(C)(C)CC3=O)Oc3ncn4nc(-c5cccs5)nc4c32)cc1. The minimum absolute atomic E-state index is 0.104. The second-order valence-electron chi connectivity index (χ2n) is 9.23. The molecule has 0 amide bonds. The van der Waals surface area contributed by atoms with Crippen LogP contribution in [-0.2, 0) is 4.79 Å². The quantitative estimate of drug-likeness (QED) is 0.429. The fraction of sp³-hybridized carbons (Fsp3) is 0.280. The minimum atomic E-state index is -0.338. The molecule has 1 aromatic carbocycles. The molecule has 4 heterocycles. The third kappa shape index (κ3) is 3.24. The maximum absolute atomic E-state index is 13.5. The second kappa shape index (κ2) is 7.25. The number of carbonyl (C=O) groups excluding carboxylic acids is 1. The van der Waals surface area contributed by atoms with E-state index >= 15 is 0 Å². The molecule has 0 bridgehead atoms. The zero-order chi connectivity index (χ0) is 22.7. The van der Waals surface area contributed by atoms with Crippen LogP contribution in [0.1, 0.15) is 43.7 Å². The molecule has 0 saturated heterocycles. The number of thiophene rings is 1. The number of ether oxygens (including phenoxy) is 2. The molecule has 0 spiro atoms. The van der Waals surface area contributed by atoms with Gasteiger partial charge in [0.1, 0.15) is 17.8 Å². The van der Waals surface area contributed by atoms with Gasteiger partial charge in [0.15, 0.2) is 17.3 Å². The number of aromatic nitrogens is 4. The van der Waals surface area contributed by atoms with Crippen molar-refractivity contribution in [3.8, 4) is 22.3 Å². The maximum Gasteiger partial charge on any atom is 0.228 e. The maximum atomic E-state index is 13.5. The van der Waals surface area contributed by atoms with Crippen LogP contribution in [0.5, 0.6) is 11.6 Å². The number of Topliss-reactive ketones (excluding diaryl/α,β-unsaturated/α-hetero) is 1. The molecule has 3 aromatic heterocycles. The Morgan fingerprint density at radius 2 is 2.00 bits per heavy atom. The molecule has 33 heavy (non-hydrogen) atoms. The third-order valence-electron chi connectivity index (χ3n) is 6.25. The molecule has 8 heteroatoms. The Balaban J connectivity index is 1.60. The number of fused-ring (bicyclic) bond motifs is 3. The van der Waals surface area contributed by atoms with E-state index in [0.717, 1.165) is 21.8 Å². The number of rotatable bonds is 3. The smallest absolute Gasteiger partial charge is 0.228 e. The van der Waals surface area contributed by atoms with Crippen LogP contribution in [0.25, 0.3) is 16.3 Å². The first-order chi connectivity index (χ1) is 15.9. The van der Waals surface area contributed by atoms with Crippen LogP contribution in [0.15, 0.2) is 59.4 Å². The zero-order valence-corrected chi connectivity index (χ0v) is 19.3. The Morgan fingerprint density at radius 3 is 2.73 bits per heavy atom. The van der Waals surface area contributed by atoms with Crippen molar-refractivity contribution in [2.45, 2.75) is 32.6 Å². The largest absolute Gasteiger partial charge is 0.497 e. The van der Waals surface area contributed by atoms with Gasteiger partial charge in [-0.15, -0.1) is 16.4 Å². The molecular weight excluding hydrogens is 436 g/mol. The van der Waals surface area contributed by atoms with Gasteiger partial charge < -0.3 is 9.47 Å². The lowest BCUT2D eigenvalue weighted by atomic mass is 9.70. The average molecular weight is 459 g/mol. The highest BCUT2D eigenvalue weighted by Gasteiger charge is 2.44. The van der Waals surface area contributed by atoms with Crippen LogP contribution >= 0.6 is 11.3 Å². The van der Waals surface area contributed by atoms with Gasteiger partial charge in [0.2, 0.25) is 5.88 Å². The van der Waals surface area contributed by atoms with Crippen LogP contribution in [0.2, 0.25) is 0 Å². The van der Waals surface area contributed by atoms with E-state index in [1.165, 1.54) is 0 Å². The number of methoxy groups -OCH3 is 1. The van der Waals surface area contributed by atoms with Crippen molar-refractivity contribution in [2.75, 3.05) is 7.11 Å². The summed E-state index contributed by atoms with van der Waals surface area (Å²) in [4.78, 5) is 23.9. The summed E-state index contributed by atoms with van der Waals surface area (Å²) in [5, 5.41) is 6.64. The summed E-state index contributed by atoms with van der Waals surface area (Å²) in [5.74, 6) is 2.35. The summed E-state index contributed by atoms with van der Waals surface area (Å²) < 4.78 is 13.3. The van der Waals surface area contributed by atoms with E-state index in [2.05, 4.69) is 23.9 Å². The molecule has 1 unspecified atom stereocenters. The summed E-state index contributed by atoms with van der Waals surface area (Å²) in [5.41, 5.74) is 2.92. The van der Waals surface area contributed by atoms with Crippen molar-refractivity contribution in [1.82, 2.24) is 19.6 Å². The second-order valence-corrected chi connectivity index (χ2v) is 10.2.